The quantitative estimate of drug-likeness (QED) is 0.669. The van der Waals surface area contributed by atoms with E-state index >= 15 is 0 Å². The molecule has 1 rings (SSSR count). The van der Waals surface area contributed by atoms with Crippen LogP contribution in [0.5, 0.6) is 0 Å². The minimum Gasteiger partial charge on any atom is -0.396 e. The molecule has 2 unspecified atom stereocenters. The summed E-state index contributed by atoms with van der Waals surface area (Å²) in [5.74, 6) is 3.16. The van der Waals surface area contributed by atoms with Crippen molar-refractivity contribution in [1.82, 2.24) is 4.90 Å². The number of hydrogen-bond donors (Lipinski definition) is 1. The van der Waals surface area contributed by atoms with Gasteiger partial charge in [0.2, 0.25) is 0 Å². The Bertz CT molecular complexity index is 217. The topological polar surface area (TPSA) is 23.5 Å². The molecule has 1 N–H and O–H groups in total. The van der Waals surface area contributed by atoms with E-state index in [-0.39, 0.29) is 18.4 Å². The van der Waals surface area contributed by atoms with Crippen LogP contribution in [0.1, 0.15) is 26.7 Å². The largest absolute Gasteiger partial charge is 0.396 e. The fourth-order valence-electron chi connectivity index (χ4n) is 1.96. The minimum atomic E-state index is 0.158. The lowest BCUT2D eigenvalue weighted by atomic mass is 9.88. The van der Waals surface area contributed by atoms with Gasteiger partial charge in [0, 0.05) is 24.6 Å². The van der Waals surface area contributed by atoms with Gasteiger partial charge in [-0.25, -0.2) is 0 Å². The maximum atomic E-state index is 9.11. The number of rotatable bonds is 5. The summed E-state index contributed by atoms with van der Waals surface area (Å²) in [5.41, 5.74) is 0. The molecule has 0 saturated heterocycles. The third kappa shape index (κ3) is 2.50. The van der Waals surface area contributed by atoms with Crippen LogP contribution in [0.4, 0.5) is 0 Å². The van der Waals surface area contributed by atoms with Crippen LogP contribution in [0.25, 0.3) is 0 Å². The smallest absolute Gasteiger partial charge is 0.0469 e. The maximum Gasteiger partial charge on any atom is 0.0469 e. The highest BCUT2D eigenvalue weighted by atomic mass is 16.3. The van der Waals surface area contributed by atoms with E-state index in [4.69, 9.17) is 11.5 Å². The van der Waals surface area contributed by atoms with E-state index in [1.54, 1.807) is 0 Å². The van der Waals surface area contributed by atoms with Gasteiger partial charge >= 0.3 is 0 Å². The summed E-state index contributed by atoms with van der Waals surface area (Å²) in [7, 11) is 2.14. The fourth-order valence-corrected chi connectivity index (χ4v) is 1.96. The summed E-state index contributed by atoms with van der Waals surface area (Å²) in [4.78, 5) is 2.36. The summed E-state index contributed by atoms with van der Waals surface area (Å²) in [6.45, 7) is 4.36. The van der Waals surface area contributed by atoms with Gasteiger partial charge in [0.05, 0.1) is 0 Å². The molecule has 80 valence electrons. The van der Waals surface area contributed by atoms with E-state index in [0.717, 1.165) is 6.04 Å². The Hall–Kier alpha value is -0.520. The molecule has 1 saturated carbocycles. The van der Waals surface area contributed by atoms with Crippen molar-refractivity contribution < 1.29 is 5.11 Å². The summed E-state index contributed by atoms with van der Waals surface area (Å²) in [6, 6.07) is 1.10. The van der Waals surface area contributed by atoms with Crippen LogP contribution in [0.15, 0.2) is 0 Å². The van der Waals surface area contributed by atoms with Crippen molar-refractivity contribution in [3.63, 3.8) is 0 Å². The van der Waals surface area contributed by atoms with Crippen LogP contribution in [-0.4, -0.2) is 35.7 Å². The zero-order valence-electron chi connectivity index (χ0n) is 9.40. The van der Waals surface area contributed by atoms with E-state index < -0.39 is 0 Å². The molecular formula is C12H21NO. The van der Waals surface area contributed by atoms with Crippen molar-refractivity contribution in [2.45, 2.75) is 38.8 Å². The van der Waals surface area contributed by atoms with Crippen LogP contribution >= 0.6 is 0 Å². The van der Waals surface area contributed by atoms with E-state index in [9.17, 15) is 0 Å². The molecule has 0 aliphatic heterocycles. The number of aliphatic hydroxyl groups is 1. The SMILES string of the molecule is C#C[C@H](C(C)CO)C(C)N(C)C1CC1. The molecule has 3 atom stereocenters. The molecule has 0 radical (unpaired) electrons. The van der Waals surface area contributed by atoms with Crippen molar-refractivity contribution in [1.29, 1.82) is 0 Å². The van der Waals surface area contributed by atoms with Gasteiger partial charge in [-0.2, -0.15) is 0 Å². The Balaban J connectivity index is 2.54. The zero-order chi connectivity index (χ0) is 10.7. The third-order valence-corrected chi connectivity index (χ3v) is 3.38. The Morgan fingerprint density at radius 1 is 1.50 bits per heavy atom. The lowest BCUT2D eigenvalue weighted by molar-refractivity contribution is 0.136. The van der Waals surface area contributed by atoms with E-state index in [1.807, 2.05) is 6.92 Å². The van der Waals surface area contributed by atoms with E-state index in [0.29, 0.717) is 6.04 Å². The van der Waals surface area contributed by atoms with Gasteiger partial charge < -0.3 is 5.11 Å². The molecule has 0 heterocycles. The normalized spacial score (nSPS) is 22.9. The first-order chi connectivity index (χ1) is 6.61. The Labute approximate surface area is 87.3 Å². The number of hydrogen-bond acceptors (Lipinski definition) is 2. The molecule has 1 aliphatic rings. The highest BCUT2D eigenvalue weighted by molar-refractivity contribution is 5.02. The Morgan fingerprint density at radius 3 is 2.43 bits per heavy atom. The van der Waals surface area contributed by atoms with Crippen molar-refractivity contribution in [3.8, 4) is 12.3 Å². The zero-order valence-corrected chi connectivity index (χ0v) is 9.40. The molecule has 0 bridgehead atoms. The summed E-state index contributed by atoms with van der Waals surface area (Å²) in [6.07, 6.45) is 8.12. The van der Waals surface area contributed by atoms with Crippen molar-refractivity contribution in [2.24, 2.45) is 11.8 Å². The molecule has 0 spiro atoms. The van der Waals surface area contributed by atoms with Crippen LogP contribution in [0, 0.1) is 24.2 Å². The second-order valence-electron chi connectivity index (χ2n) is 4.49. The van der Waals surface area contributed by atoms with Gasteiger partial charge in [-0.15, -0.1) is 12.3 Å². The second kappa shape index (κ2) is 4.82. The van der Waals surface area contributed by atoms with Crippen molar-refractivity contribution in [3.05, 3.63) is 0 Å². The number of terminal acetylenes is 1. The Kier molecular flexibility index (Phi) is 3.97. The first kappa shape index (κ1) is 11.6. The van der Waals surface area contributed by atoms with Gasteiger partial charge in [-0.05, 0) is 32.7 Å². The highest BCUT2D eigenvalue weighted by Crippen LogP contribution is 2.30. The molecule has 2 heteroatoms. The van der Waals surface area contributed by atoms with Crippen LogP contribution in [0.3, 0.4) is 0 Å². The van der Waals surface area contributed by atoms with Crippen molar-refractivity contribution in [2.75, 3.05) is 13.7 Å². The van der Waals surface area contributed by atoms with E-state index in [2.05, 4.69) is 24.8 Å². The lowest BCUT2D eigenvalue weighted by Crippen LogP contribution is -2.39. The third-order valence-electron chi connectivity index (χ3n) is 3.38. The molecule has 1 aliphatic carbocycles. The van der Waals surface area contributed by atoms with Gasteiger partial charge in [0.15, 0.2) is 0 Å². The molecule has 0 amide bonds. The molecule has 0 aromatic heterocycles. The van der Waals surface area contributed by atoms with Crippen LogP contribution < -0.4 is 0 Å². The first-order valence-electron chi connectivity index (χ1n) is 5.40. The monoisotopic (exact) mass is 195 g/mol. The lowest BCUT2D eigenvalue weighted by Gasteiger charge is -2.31. The van der Waals surface area contributed by atoms with Gasteiger partial charge in [-0.1, -0.05) is 6.92 Å². The van der Waals surface area contributed by atoms with Gasteiger partial charge in [0.1, 0.15) is 0 Å². The molecular weight excluding hydrogens is 174 g/mol. The average Bonchev–Trinajstić information content (AvgIpc) is 3.00. The van der Waals surface area contributed by atoms with Gasteiger partial charge in [-0.3, -0.25) is 4.90 Å². The highest BCUT2D eigenvalue weighted by Gasteiger charge is 2.33. The molecule has 0 aromatic carbocycles. The number of aliphatic hydroxyl groups excluding tert-OH is 1. The van der Waals surface area contributed by atoms with E-state index in [1.165, 1.54) is 12.8 Å². The predicted molar refractivity (Wildman–Crippen MR) is 58.8 cm³/mol. The predicted octanol–water partition coefficient (Wildman–Crippen LogP) is 1.35. The fraction of sp³-hybridized carbons (Fsp3) is 0.833. The van der Waals surface area contributed by atoms with Gasteiger partial charge in [0.25, 0.3) is 0 Å². The maximum absolute atomic E-state index is 9.11. The van der Waals surface area contributed by atoms with Crippen LogP contribution in [0.2, 0.25) is 0 Å². The summed E-state index contributed by atoms with van der Waals surface area (Å²) < 4.78 is 0. The van der Waals surface area contributed by atoms with Crippen LogP contribution in [-0.2, 0) is 0 Å². The Morgan fingerprint density at radius 2 is 2.07 bits per heavy atom. The molecule has 1 fully saturated rings. The van der Waals surface area contributed by atoms with Crippen molar-refractivity contribution >= 4 is 0 Å². The molecule has 0 aromatic rings. The standard InChI is InChI=1S/C12H21NO/c1-5-12(9(2)8-14)10(3)13(4)11-6-7-11/h1,9-12,14H,6-8H2,2-4H3/t9?,10?,12-/m1/s1. The number of nitrogens with zero attached hydrogens (tertiary/aromatic N) is 1. The first-order valence-corrected chi connectivity index (χ1v) is 5.40. The second-order valence-corrected chi connectivity index (χ2v) is 4.49. The average molecular weight is 195 g/mol. The molecule has 2 nitrogen and oxygen atoms in total. The summed E-state index contributed by atoms with van der Waals surface area (Å²) in [5, 5.41) is 9.11. The molecule has 14 heavy (non-hydrogen) atoms. The minimum absolute atomic E-state index is 0.158. The summed E-state index contributed by atoms with van der Waals surface area (Å²) >= 11 is 0.